The van der Waals surface area contributed by atoms with Gasteiger partial charge in [0.25, 0.3) is 0 Å². The Labute approximate surface area is 145 Å². The molecule has 0 amide bonds. The molecule has 1 aliphatic rings. The Morgan fingerprint density at radius 3 is 2.08 bits per heavy atom. The minimum absolute atomic E-state index is 0.0110. The lowest BCUT2D eigenvalue weighted by Gasteiger charge is -2.27. The van der Waals surface area contributed by atoms with Gasteiger partial charge in [0.05, 0.1) is 33.3 Å². The molecule has 0 saturated carbocycles. The molecule has 0 aromatic carbocycles. The van der Waals surface area contributed by atoms with E-state index in [4.69, 9.17) is 0 Å². The molecule has 0 spiro atoms. The molecular formula is C18H32NO5-. The van der Waals surface area contributed by atoms with Crippen LogP contribution in [0.2, 0.25) is 0 Å². The summed E-state index contributed by atoms with van der Waals surface area (Å²) in [6.45, 7) is 5.78. The molecule has 1 rings (SSSR count). The fourth-order valence-electron chi connectivity index (χ4n) is 4.22. The molecule has 1 heterocycles. The van der Waals surface area contributed by atoms with Crippen LogP contribution >= 0.6 is 0 Å². The first-order valence-electron chi connectivity index (χ1n) is 8.97. The van der Waals surface area contributed by atoms with E-state index in [0.29, 0.717) is 18.3 Å². The molecule has 1 aliphatic heterocycles. The first-order chi connectivity index (χ1) is 11.1. The highest BCUT2D eigenvalue weighted by molar-refractivity contribution is 5.71. The van der Waals surface area contributed by atoms with Gasteiger partial charge in [0.1, 0.15) is 0 Å². The van der Waals surface area contributed by atoms with Crippen LogP contribution in [0.25, 0.3) is 0 Å². The monoisotopic (exact) mass is 342 g/mol. The third kappa shape index (κ3) is 6.40. The standard InChI is InChI=1S/C18H33NO5/c1-5-13-10-19(3,4)11-15(13)7-6-14(17(21)22)9-16(18(23)24)8-12(2)20/h12-16,20H,5-11H2,1-4H3,(H-,21,22,23,24)/p-1. The zero-order valence-corrected chi connectivity index (χ0v) is 15.4. The Kier molecular flexibility index (Phi) is 7.67. The van der Waals surface area contributed by atoms with Gasteiger partial charge in [0.2, 0.25) is 0 Å². The van der Waals surface area contributed by atoms with Crippen LogP contribution in [0.5, 0.6) is 0 Å². The van der Waals surface area contributed by atoms with Crippen molar-refractivity contribution in [3.8, 4) is 0 Å². The smallest absolute Gasteiger partial charge is 0.0816 e. The zero-order valence-electron chi connectivity index (χ0n) is 15.4. The van der Waals surface area contributed by atoms with Crippen LogP contribution in [0.15, 0.2) is 0 Å². The summed E-state index contributed by atoms with van der Waals surface area (Å²) in [5.74, 6) is -3.22. The van der Waals surface area contributed by atoms with Crippen LogP contribution in [0.3, 0.4) is 0 Å². The van der Waals surface area contributed by atoms with Crippen molar-refractivity contribution in [3.63, 3.8) is 0 Å². The van der Waals surface area contributed by atoms with Gasteiger partial charge in [-0.25, -0.2) is 0 Å². The summed E-state index contributed by atoms with van der Waals surface area (Å²) in [6, 6.07) is 0. The number of likely N-dealkylation sites (tertiary alicyclic amines) is 1. The Bertz CT molecular complexity index is 435. The van der Waals surface area contributed by atoms with Crippen LogP contribution in [-0.4, -0.2) is 54.8 Å². The van der Waals surface area contributed by atoms with Gasteiger partial charge < -0.3 is 29.4 Å². The van der Waals surface area contributed by atoms with Gasteiger partial charge in [0.15, 0.2) is 0 Å². The van der Waals surface area contributed by atoms with Crippen molar-refractivity contribution in [1.82, 2.24) is 0 Å². The van der Waals surface area contributed by atoms with Gasteiger partial charge in [-0.3, -0.25) is 0 Å². The van der Waals surface area contributed by atoms with Crippen LogP contribution in [0.1, 0.15) is 46.0 Å². The highest BCUT2D eigenvalue weighted by Crippen LogP contribution is 2.34. The number of aliphatic carboxylic acids is 2. The van der Waals surface area contributed by atoms with Crippen LogP contribution in [0.4, 0.5) is 0 Å². The van der Waals surface area contributed by atoms with E-state index in [1.54, 1.807) is 0 Å². The van der Waals surface area contributed by atoms with Gasteiger partial charge in [0, 0.05) is 29.7 Å². The molecule has 5 atom stereocenters. The van der Waals surface area contributed by atoms with E-state index in [2.05, 4.69) is 21.0 Å². The predicted octanol–water partition coefficient (Wildman–Crippen LogP) is -0.608. The van der Waals surface area contributed by atoms with E-state index in [1.165, 1.54) is 6.92 Å². The number of carboxylic acid groups (broad SMARTS) is 2. The maximum absolute atomic E-state index is 11.4. The van der Waals surface area contributed by atoms with E-state index in [0.717, 1.165) is 30.4 Å². The van der Waals surface area contributed by atoms with Crippen molar-refractivity contribution in [1.29, 1.82) is 0 Å². The van der Waals surface area contributed by atoms with E-state index in [1.807, 2.05) is 0 Å². The molecule has 140 valence electrons. The lowest BCUT2D eigenvalue weighted by atomic mass is 9.83. The van der Waals surface area contributed by atoms with E-state index >= 15 is 0 Å². The van der Waals surface area contributed by atoms with Crippen molar-refractivity contribution in [2.24, 2.45) is 23.7 Å². The number of carbonyl (C=O) groups excluding carboxylic acids is 2. The number of carboxylic acids is 2. The number of carbonyl (C=O) groups is 2. The summed E-state index contributed by atoms with van der Waals surface area (Å²) in [6.07, 6.45) is 1.45. The van der Waals surface area contributed by atoms with Crippen molar-refractivity contribution in [3.05, 3.63) is 0 Å². The van der Waals surface area contributed by atoms with Crippen LogP contribution < -0.4 is 10.2 Å². The Morgan fingerprint density at radius 1 is 1.08 bits per heavy atom. The maximum atomic E-state index is 11.4. The largest absolute Gasteiger partial charge is 0.550 e. The van der Waals surface area contributed by atoms with E-state index in [-0.39, 0.29) is 12.8 Å². The van der Waals surface area contributed by atoms with Crippen LogP contribution in [0, 0.1) is 23.7 Å². The van der Waals surface area contributed by atoms with Gasteiger partial charge in [-0.15, -0.1) is 0 Å². The summed E-state index contributed by atoms with van der Waals surface area (Å²) < 4.78 is 0.947. The number of hydrogen-bond acceptors (Lipinski definition) is 5. The predicted molar refractivity (Wildman–Crippen MR) is 86.3 cm³/mol. The van der Waals surface area contributed by atoms with Crippen molar-refractivity contribution in [2.45, 2.75) is 52.1 Å². The topological polar surface area (TPSA) is 100 Å². The quantitative estimate of drug-likeness (QED) is 0.534. The average Bonchev–Trinajstić information content (AvgIpc) is 2.75. The lowest BCUT2D eigenvalue weighted by Crippen LogP contribution is -2.39. The number of nitrogens with zero attached hydrogens (tertiary/aromatic N) is 1. The van der Waals surface area contributed by atoms with Crippen LogP contribution in [-0.2, 0) is 9.59 Å². The van der Waals surface area contributed by atoms with Gasteiger partial charge in [-0.05, 0) is 44.9 Å². The molecule has 6 nitrogen and oxygen atoms in total. The molecule has 0 radical (unpaired) electrons. The van der Waals surface area contributed by atoms with Gasteiger partial charge in [-0.2, -0.15) is 0 Å². The summed E-state index contributed by atoms with van der Waals surface area (Å²) in [5, 5.41) is 32.0. The second-order valence-corrected chi connectivity index (χ2v) is 8.16. The molecule has 1 saturated heterocycles. The molecule has 0 aliphatic carbocycles. The number of quaternary nitrogens is 1. The number of rotatable bonds is 10. The molecular weight excluding hydrogens is 310 g/mol. The summed E-state index contributed by atoms with van der Waals surface area (Å²) >= 11 is 0. The van der Waals surface area contributed by atoms with Gasteiger partial charge in [-0.1, -0.05) is 6.92 Å². The average molecular weight is 342 g/mol. The SMILES string of the molecule is CCC1C[N+](C)(C)CC1CCC(CC(CC(C)O)C(=O)[O-])C(=O)[O-]. The molecule has 1 N–H and O–H groups in total. The lowest BCUT2D eigenvalue weighted by molar-refractivity contribution is -0.880. The molecule has 0 aromatic heterocycles. The highest BCUT2D eigenvalue weighted by Gasteiger charge is 2.38. The summed E-state index contributed by atoms with van der Waals surface area (Å²) in [4.78, 5) is 22.6. The normalized spacial score (nSPS) is 26.7. The molecule has 6 heteroatoms. The van der Waals surface area contributed by atoms with Crippen molar-refractivity contribution < 1.29 is 29.4 Å². The minimum atomic E-state index is -1.30. The first kappa shape index (κ1) is 20.9. The summed E-state index contributed by atoms with van der Waals surface area (Å²) in [5.41, 5.74) is 0. The van der Waals surface area contributed by atoms with Gasteiger partial charge >= 0.3 is 0 Å². The fraction of sp³-hybridized carbons (Fsp3) is 0.889. The zero-order chi connectivity index (χ0) is 18.5. The fourth-order valence-corrected chi connectivity index (χ4v) is 4.22. The van der Waals surface area contributed by atoms with Crippen molar-refractivity contribution >= 4 is 11.9 Å². The summed E-state index contributed by atoms with van der Waals surface area (Å²) in [7, 11) is 4.38. The Hall–Kier alpha value is -1.14. The van der Waals surface area contributed by atoms with Crippen molar-refractivity contribution in [2.75, 3.05) is 27.2 Å². The Balaban J connectivity index is 2.66. The molecule has 1 fully saturated rings. The third-order valence-corrected chi connectivity index (χ3v) is 5.40. The second kappa shape index (κ2) is 8.81. The number of hydrogen-bond donors (Lipinski definition) is 1. The second-order valence-electron chi connectivity index (χ2n) is 8.16. The highest BCUT2D eigenvalue weighted by atomic mass is 16.4. The third-order valence-electron chi connectivity index (χ3n) is 5.40. The molecule has 0 aromatic rings. The van der Waals surface area contributed by atoms with E-state index < -0.39 is 29.9 Å². The minimum Gasteiger partial charge on any atom is -0.550 e. The molecule has 0 bridgehead atoms. The number of aliphatic hydroxyl groups excluding tert-OH is 1. The first-order valence-corrected chi connectivity index (χ1v) is 8.97. The molecule has 24 heavy (non-hydrogen) atoms. The van der Waals surface area contributed by atoms with E-state index in [9.17, 15) is 24.9 Å². The Morgan fingerprint density at radius 2 is 1.62 bits per heavy atom. The number of aliphatic hydroxyl groups is 1. The molecule has 5 unspecified atom stereocenters. The maximum Gasteiger partial charge on any atom is 0.0816 e.